The molecule has 0 saturated heterocycles. The van der Waals surface area contributed by atoms with Crippen LogP contribution in [0.2, 0.25) is 0 Å². The van der Waals surface area contributed by atoms with Gasteiger partial charge in [0.1, 0.15) is 17.4 Å². The summed E-state index contributed by atoms with van der Waals surface area (Å²) in [5.74, 6) is 0.588. The number of rotatable bonds is 3. The van der Waals surface area contributed by atoms with Crippen LogP contribution in [0.5, 0.6) is 0 Å². The van der Waals surface area contributed by atoms with Crippen LogP contribution in [0.1, 0.15) is 23.0 Å². The highest BCUT2D eigenvalue weighted by Gasteiger charge is 2.14. The number of aryl methyl sites for hydroxylation is 1. The largest absolute Gasteiger partial charge is 0.458 e. The summed E-state index contributed by atoms with van der Waals surface area (Å²) in [4.78, 5) is 4.10. The number of hydrogen-bond acceptors (Lipinski definition) is 3. The van der Waals surface area contributed by atoms with Crippen molar-refractivity contribution >= 4 is 26.9 Å². The van der Waals surface area contributed by atoms with Crippen molar-refractivity contribution in [2.45, 2.75) is 19.4 Å². The summed E-state index contributed by atoms with van der Waals surface area (Å²) in [7, 11) is 0. The molecule has 3 rings (SSSR count). The van der Waals surface area contributed by atoms with Crippen LogP contribution in [-0.2, 0) is 6.42 Å². The van der Waals surface area contributed by atoms with Crippen LogP contribution in [0.3, 0.4) is 0 Å². The predicted octanol–water partition coefficient (Wildman–Crippen LogP) is 4.17. The molecule has 0 aliphatic heterocycles. The van der Waals surface area contributed by atoms with E-state index in [-0.39, 0.29) is 0 Å². The quantitative estimate of drug-likeness (QED) is 0.783. The zero-order valence-corrected chi connectivity index (χ0v) is 12.6. The number of furan rings is 1. The van der Waals surface area contributed by atoms with E-state index < -0.39 is 6.10 Å². The fraction of sp³-hybridized carbons (Fsp3) is 0.188. The van der Waals surface area contributed by atoms with E-state index in [0.29, 0.717) is 12.2 Å². The van der Waals surface area contributed by atoms with Crippen molar-refractivity contribution in [3.63, 3.8) is 0 Å². The number of nitrogens with zero attached hydrogens (tertiary/aromatic N) is 1. The molecule has 3 nitrogen and oxygen atoms in total. The lowest BCUT2D eigenvalue weighted by Crippen LogP contribution is -2.00. The van der Waals surface area contributed by atoms with Gasteiger partial charge in [-0.15, -0.1) is 0 Å². The van der Waals surface area contributed by atoms with Gasteiger partial charge in [0.2, 0.25) is 0 Å². The van der Waals surface area contributed by atoms with Crippen molar-refractivity contribution in [1.82, 2.24) is 4.98 Å². The number of fused-ring (bicyclic) bond motifs is 1. The molecular weight excluding hydrogens is 318 g/mol. The van der Waals surface area contributed by atoms with E-state index in [9.17, 15) is 5.11 Å². The van der Waals surface area contributed by atoms with E-state index in [1.54, 1.807) is 12.4 Å². The van der Waals surface area contributed by atoms with Gasteiger partial charge >= 0.3 is 0 Å². The fourth-order valence-electron chi connectivity index (χ4n) is 2.24. The Morgan fingerprint density at radius 1 is 1.25 bits per heavy atom. The molecule has 0 saturated carbocycles. The summed E-state index contributed by atoms with van der Waals surface area (Å²) in [5.41, 5.74) is 2.94. The van der Waals surface area contributed by atoms with Gasteiger partial charge in [0.15, 0.2) is 0 Å². The van der Waals surface area contributed by atoms with Gasteiger partial charge in [-0.1, -0.05) is 11.6 Å². The molecule has 0 aliphatic carbocycles. The van der Waals surface area contributed by atoms with Crippen molar-refractivity contribution in [1.29, 1.82) is 0 Å². The van der Waals surface area contributed by atoms with E-state index >= 15 is 0 Å². The molecule has 20 heavy (non-hydrogen) atoms. The maximum Gasteiger partial charge on any atom is 0.134 e. The third-order valence-electron chi connectivity index (χ3n) is 3.21. The lowest BCUT2D eigenvalue weighted by Gasteiger charge is -2.07. The topological polar surface area (TPSA) is 46.3 Å². The number of pyridine rings is 1. The highest BCUT2D eigenvalue weighted by molar-refractivity contribution is 9.10. The van der Waals surface area contributed by atoms with E-state index in [0.717, 1.165) is 21.0 Å². The summed E-state index contributed by atoms with van der Waals surface area (Å²) in [5, 5.41) is 11.3. The Morgan fingerprint density at radius 3 is 2.90 bits per heavy atom. The second kappa shape index (κ2) is 5.38. The van der Waals surface area contributed by atoms with E-state index in [2.05, 4.69) is 27.0 Å². The zero-order valence-electron chi connectivity index (χ0n) is 11.0. The van der Waals surface area contributed by atoms with Crippen LogP contribution >= 0.6 is 15.9 Å². The maximum absolute atomic E-state index is 10.3. The van der Waals surface area contributed by atoms with Crippen LogP contribution < -0.4 is 0 Å². The smallest absolute Gasteiger partial charge is 0.134 e. The molecule has 0 aliphatic rings. The van der Waals surface area contributed by atoms with Gasteiger partial charge in [-0.2, -0.15) is 0 Å². The summed E-state index contributed by atoms with van der Waals surface area (Å²) in [6.45, 7) is 2.04. The minimum absolute atomic E-state index is 0.477. The SMILES string of the molecule is Cc1ccc2oc(C(O)Cc3cncc(Br)c3)cc2c1. The summed E-state index contributed by atoms with van der Waals surface area (Å²) < 4.78 is 6.61. The first-order chi connectivity index (χ1) is 9.61. The Labute approximate surface area is 125 Å². The summed E-state index contributed by atoms with van der Waals surface area (Å²) >= 11 is 3.38. The molecule has 4 heteroatoms. The average molecular weight is 332 g/mol. The summed E-state index contributed by atoms with van der Waals surface area (Å²) in [6.07, 6.45) is 3.28. The van der Waals surface area contributed by atoms with Gasteiger partial charge < -0.3 is 9.52 Å². The van der Waals surface area contributed by atoms with Gasteiger partial charge in [-0.05, 0) is 52.7 Å². The molecule has 102 valence electrons. The minimum Gasteiger partial charge on any atom is -0.458 e. The fourth-order valence-corrected chi connectivity index (χ4v) is 2.65. The third-order valence-corrected chi connectivity index (χ3v) is 3.64. The minimum atomic E-state index is -0.668. The molecule has 0 radical (unpaired) electrons. The molecule has 0 amide bonds. The Balaban J connectivity index is 1.86. The number of halogens is 1. The monoisotopic (exact) mass is 331 g/mol. The molecule has 1 unspecified atom stereocenters. The van der Waals surface area contributed by atoms with Crippen molar-refractivity contribution in [2.24, 2.45) is 0 Å². The van der Waals surface area contributed by atoms with E-state index in [1.165, 1.54) is 5.56 Å². The van der Waals surface area contributed by atoms with Gasteiger partial charge in [-0.3, -0.25) is 4.98 Å². The standard InChI is InChI=1S/C16H14BrNO2/c1-10-2-3-15-12(4-10)7-16(20-15)14(19)6-11-5-13(17)9-18-8-11/h2-5,7-9,14,19H,6H2,1H3. The van der Waals surface area contributed by atoms with Gasteiger partial charge in [-0.25, -0.2) is 0 Å². The van der Waals surface area contributed by atoms with E-state index in [4.69, 9.17) is 4.42 Å². The maximum atomic E-state index is 10.3. The molecule has 1 aromatic carbocycles. The Bertz CT molecular complexity index is 751. The molecule has 2 aromatic heterocycles. The highest BCUT2D eigenvalue weighted by atomic mass is 79.9. The summed E-state index contributed by atoms with van der Waals surface area (Å²) in [6, 6.07) is 9.83. The Morgan fingerprint density at radius 2 is 2.10 bits per heavy atom. The first-order valence-electron chi connectivity index (χ1n) is 6.39. The van der Waals surface area contributed by atoms with Gasteiger partial charge in [0.25, 0.3) is 0 Å². The van der Waals surface area contributed by atoms with Crippen molar-refractivity contribution < 1.29 is 9.52 Å². The lowest BCUT2D eigenvalue weighted by atomic mass is 10.1. The predicted molar refractivity (Wildman–Crippen MR) is 81.6 cm³/mol. The number of hydrogen-bond donors (Lipinski definition) is 1. The van der Waals surface area contributed by atoms with Crippen LogP contribution in [-0.4, -0.2) is 10.1 Å². The zero-order chi connectivity index (χ0) is 14.1. The van der Waals surface area contributed by atoms with Crippen molar-refractivity contribution in [3.05, 3.63) is 64.1 Å². The number of aliphatic hydroxyl groups is 1. The van der Waals surface area contributed by atoms with Crippen molar-refractivity contribution in [2.75, 3.05) is 0 Å². The molecule has 1 atom stereocenters. The molecule has 3 aromatic rings. The Hall–Kier alpha value is -1.65. The van der Waals surface area contributed by atoms with Gasteiger partial charge in [0, 0.05) is 28.7 Å². The highest BCUT2D eigenvalue weighted by Crippen LogP contribution is 2.27. The third kappa shape index (κ3) is 2.76. The molecule has 0 bridgehead atoms. The van der Waals surface area contributed by atoms with Crippen molar-refractivity contribution in [3.8, 4) is 0 Å². The number of aromatic nitrogens is 1. The number of benzene rings is 1. The lowest BCUT2D eigenvalue weighted by molar-refractivity contribution is 0.152. The molecular formula is C16H14BrNO2. The van der Waals surface area contributed by atoms with Gasteiger partial charge in [0.05, 0.1) is 0 Å². The molecule has 0 spiro atoms. The van der Waals surface area contributed by atoms with Crippen LogP contribution in [0.4, 0.5) is 0 Å². The average Bonchev–Trinajstić information content (AvgIpc) is 2.81. The van der Waals surface area contributed by atoms with Crippen LogP contribution in [0.15, 0.2) is 51.6 Å². The second-order valence-corrected chi connectivity index (χ2v) is 5.84. The van der Waals surface area contributed by atoms with E-state index in [1.807, 2.05) is 31.2 Å². The molecule has 0 fully saturated rings. The molecule has 2 heterocycles. The second-order valence-electron chi connectivity index (χ2n) is 4.92. The van der Waals surface area contributed by atoms with Crippen LogP contribution in [0, 0.1) is 6.92 Å². The van der Waals surface area contributed by atoms with Crippen LogP contribution in [0.25, 0.3) is 11.0 Å². The normalized spacial score (nSPS) is 12.8. The number of aliphatic hydroxyl groups excluding tert-OH is 1. The Kier molecular flexibility index (Phi) is 3.59. The molecule has 1 N–H and O–H groups in total. The first kappa shape index (κ1) is 13.3. The first-order valence-corrected chi connectivity index (χ1v) is 7.19.